The lowest BCUT2D eigenvalue weighted by Crippen LogP contribution is -2.39. The lowest BCUT2D eigenvalue weighted by molar-refractivity contribution is 0.414. The van der Waals surface area contributed by atoms with Crippen molar-refractivity contribution in [2.24, 2.45) is 0 Å². The minimum absolute atomic E-state index is 0.351. The number of benzene rings is 1. The fourth-order valence-electron chi connectivity index (χ4n) is 2.06. The Labute approximate surface area is 101 Å². The molecular weight excluding hydrogens is 217 g/mol. The van der Waals surface area contributed by atoms with Crippen LogP contribution >= 0.6 is 0 Å². The van der Waals surface area contributed by atoms with Crippen molar-refractivity contribution < 1.29 is 4.39 Å². The standard InChI is InChI=1S/C13H16FN3/c14-12-7-10(8-15)4-5-13(12)17-9-11-3-1-2-6-16-11/h4-5,7,11,16-17H,1-3,6,9H2. The molecule has 1 aromatic carbocycles. The zero-order valence-corrected chi connectivity index (χ0v) is 9.67. The predicted molar refractivity (Wildman–Crippen MR) is 65.2 cm³/mol. The van der Waals surface area contributed by atoms with Crippen LogP contribution in [0.25, 0.3) is 0 Å². The second-order valence-electron chi connectivity index (χ2n) is 4.33. The SMILES string of the molecule is N#Cc1ccc(NCC2CCCCN2)c(F)c1. The highest BCUT2D eigenvalue weighted by atomic mass is 19.1. The molecular formula is C13H16FN3. The Balaban J connectivity index is 1.92. The topological polar surface area (TPSA) is 47.9 Å². The van der Waals surface area contributed by atoms with Crippen molar-refractivity contribution in [1.82, 2.24) is 5.32 Å². The third-order valence-corrected chi connectivity index (χ3v) is 3.05. The molecule has 2 N–H and O–H groups in total. The molecule has 4 heteroatoms. The summed E-state index contributed by atoms with van der Waals surface area (Å²) in [4.78, 5) is 0. The Morgan fingerprint density at radius 3 is 3.00 bits per heavy atom. The average Bonchev–Trinajstić information content (AvgIpc) is 2.38. The van der Waals surface area contributed by atoms with Crippen LogP contribution < -0.4 is 10.6 Å². The molecule has 0 saturated carbocycles. The molecule has 1 unspecified atom stereocenters. The molecule has 3 nitrogen and oxygen atoms in total. The van der Waals surface area contributed by atoms with Crippen LogP contribution in [0.4, 0.5) is 10.1 Å². The van der Waals surface area contributed by atoms with Crippen molar-refractivity contribution in [3.05, 3.63) is 29.6 Å². The van der Waals surface area contributed by atoms with Gasteiger partial charge in [-0.25, -0.2) is 4.39 Å². The van der Waals surface area contributed by atoms with Gasteiger partial charge in [-0.1, -0.05) is 6.42 Å². The second-order valence-corrected chi connectivity index (χ2v) is 4.33. The molecule has 1 atom stereocenters. The summed E-state index contributed by atoms with van der Waals surface area (Å²) in [5.41, 5.74) is 0.820. The highest BCUT2D eigenvalue weighted by Gasteiger charge is 2.12. The van der Waals surface area contributed by atoms with Gasteiger partial charge in [-0.2, -0.15) is 5.26 Å². The molecule has 1 aliphatic heterocycles. The van der Waals surface area contributed by atoms with Gasteiger partial charge in [-0.3, -0.25) is 0 Å². The Morgan fingerprint density at radius 2 is 2.35 bits per heavy atom. The van der Waals surface area contributed by atoms with Gasteiger partial charge in [0.2, 0.25) is 0 Å². The van der Waals surface area contributed by atoms with E-state index in [2.05, 4.69) is 10.6 Å². The molecule has 0 spiro atoms. The van der Waals surface area contributed by atoms with E-state index < -0.39 is 0 Å². The van der Waals surface area contributed by atoms with Crippen LogP contribution in [0.15, 0.2) is 18.2 Å². The number of nitriles is 1. The fourth-order valence-corrected chi connectivity index (χ4v) is 2.06. The molecule has 1 aromatic rings. The summed E-state index contributed by atoms with van der Waals surface area (Å²) in [5, 5.41) is 15.1. The molecule has 0 amide bonds. The van der Waals surface area contributed by atoms with Crippen LogP contribution in [0.3, 0.4) is 0 Å². The summed E-state index contributed by atoms with van der Waals surface area (Å²) < 4.78 is 13.6. The molecule has 0 aromatic heterocycles. The van der Waals surface area contributed by atoms with E-state index in [1.807, 2.05) is 6.07 Å². The van der Waals surface area contributed by atoms with Gasteiger partial charge in [0, 0.05) is 12.6 Å². The van der Waals surface area contributed by atoms with Crippen molar-refractivity contribution in [1.29, 1.82) is 5.26 Å². The summed E-state index contributed by atoms with van der Waals surface area (Å²) in [5.74, 6) is -0.361. The number of hydrogen-bond donors (Lipinski definition) is 2. The number of nitrogens with zero attached hydrogens (tertiary/aromatic N) is 1. The number of halogens is 1. The first-order valence-corrected chi connectivity index (χ1v) is 5.96. The van der Waals surface area contributed by atoms with Crippen LogP contribution in [-0.4, -0.2) is 19.1 Å². The molecule has 1 aliphatic rings. The zero-order chi connectivity index (χ0) is 12.1. The van der Waals surface area contributed by atoms with Gasteiger partial charge >= 0.3 is 0 Å². The van der Waals surface area contributed by atoms with E-state index in [0.29, 0.717) is 17.3 Å². The first kappa shape index (κ1) is 11.9. The van der Waals surface area contributed by atoms with Crippen LogP contribution in [0.1, 0.15) is 24.8 Å². The summed E-state index contributed by atoms with van der Waals surface area (Å²) in [7, 11) is 0. The molecule has 90 valence electrons. The van der Waals surface area contributed by atoms with Crippen molar-refractivity contribution in [3.8, 4) is 6.07 Å². The van der Waals surface area contributed by atoms with Crippen molar-refractivity contribution in [3.63, 3.8) is 0 Å². The van der Waals surface area contributed by atoms with E-state index in [1.165, 1.54) is 18.9 Å². The Kier molecular flexibility index (Phi) is 3.94. The highest BCUT2D eigenvalue weighted by molar-refractivity contribution is 5.48. The molecule has 2 rings (SSSR count). The van der Waals surface area contributed by atoms with Gasteiger partial charge in [-0.15, -0.1) is 0 Å². The average molecular weight is 233 g/mol. The van der Waals surface area contributed by atoms with Gasteiger partial charge in [0.1, 0.15) is 5.82 Å². The van der Waals surface area contributed by atoms with Gasteiger partial charge < -0.3 is 10.6 Å². The van der Waals surface area contributed by atoms with E-state index in [9.17, 15) is 4.39 Å². The van der Waals surface area contributed by atoms with E-state index in [4.69, 9.17) is 5.26 Å². The van der Waals surface area contributed by atoms with Crippen LogP contribution in [0, 0.1) is 17.1 Å². The molecule has 1 saturated heterocycles. The zero-order valence-electron chi connectivity index (χ0n) is 9.67. The maximum absolute atomic E-state index is 13.6. The maximum Gasteiger partial charge on any atom is 0.147 e. The van der Waals surface area contributed by atoms with Crippen LogP contribution in [0.2, 0.25) is 0 Å². The van der Waals surface area contributed by atoms with Crippen molar-refractivity contribution in [2.45, 2.75) is 25.3 Å². The summed E-state index contributed by atoms with van der Waals surface area (Å²) in [6.07, 6.45) is 3.59. The van der Waals surface area contributed by atoms with Gasteiger partial charge in [0.25, 0.3) is 0 Å². The van der Waals surface area contributed by atoms with Crippen LogP contribution in [-0.2, 0) is 0 Å². The van der Waals surface area contributed by atoms with E-state index in [0.717, 1.165) is 19.5 Å². The minimum Gasteiger partial charge on any atom is -0.381 e. The third kappa shape index (κ3) is 3.18. The lowest BCUT2D eigenvalue weighted by Gasteiger charge is -2.24. The number of hydrogen-bond acceptors (Lipinski definition) is 3. The van der Waals surface area contributed by atoms with E-state index >= 15 is 0 Å². The monoisotopic (exact) mass is 233 g/mol. The number of piperidine rings is 1. The number of anilines is 1. The quantitative estimate of drug-likeness (QED) is 0.841. The number of nitrogens with one attached hydrogen (secondary N) is 2. The number of rotatable bonds is 3. The van der Waals surface area contributed by atoms with E-state index in [-0.39, 0.29) is 5.82 Å². The van der Waals surface area contributed by atoms with Gasteiger partial charge in [-0.05, 0) is 37.6 Å². The van der Waals surface area contributed by atoms with Crippen molar-refractivity contribution in [2.75, 3.05) is 18.4 Å². The fraction of sp³-hybridized carbons (Fsp3) is 0.462. The first-order valence-electron chi connectivity index (χ1n) is 5.96. The Bertz CT molecular complexity index is 419. The molecule has 1 heterocycles. The minimum atomic E-state index is -0.361. The normalized spacial score (nSPS) is 19.6. The second kappa shape index (κ2) is 5.65. The summed E-state index contributed by atoms with van der Waals surface area (Å²) in [6.45, 7) is 1.77. The molecule has 1 fully saturated rings. The third-order valence-electron chi connectivity index (χ3n) is 3.05. The largest absolute Gasteiger partial charge is 0.381 e. The summed E-state index contributed by atoms with van der Waals surface area (Å²) >= 11 is 0. The molecule has 17 heavy (non-hydrogen) atoms. The van der Waals surface area contributed by atoms with E-state index in [1.54, 1.807) is 12.1 Å². The smallest absolute Gasteiger partial charge is 0.147 e. The van der Waals surface area contributed by atoms with Crippen molar-refractivity contribution >= 4 is 5.69 Å². The summed E-state index contributed by atoms with van der Waals surface area (Å²) in [6, 6.07) is 6.84. The highest BCUT2D eigenvalue weighted by Crippen LogP contribution is 2.16. The predicted octanol–water partition coefficient (Wildman–Crippen LogP) is 2.25. The molecule has 0 bridgehead atoms. The first-order chi connectivity index (χ1) is 8.29. The molecule has 0 radical (unpaired) electrons. The van der Waals surface area contributed by atoms with Gasteiger partial charge in [0.15, 0.2) is 0 Å². The van der Waals surface area contributed by atoms with Gasteiger partial charge in [0.05, 0.1) is 17.3 Å². The Morgan fingerprint density at radius 1 is 1.47 bits per heavy atom. The van der Waals surface area contributed by atoms with Crippen LogP contribution in [0.5, 0.6) is 0 Å². The Hall–Kier alpha value is -1.60. The lowest BCUT2D eigenvalue weighted by atomic mass is 10.1. The molecule has 0 aliphatic carbocycles. The maximum atomic E-state index is 13.6.